The van der Waals surface area contributed by atoms with E-state index in [1.807, 2.05) is 38.2 Å². The smallest absolute Gasteiger partial charge is 0.258 e. The zero-order chi connectivity index (χ0) is 17.8. The van der Waals surface area contributed by atoms with Gasteiger partial charge in [-0.1, -0.05) is 29.8 Å². The molecule has 0 aliphatic carbocycles. The van der Waals surface area contributed by atoms with Crippen molar-refractivity contribution in [3.8, 4) is 5.75 Å². The Hall–Kier alpha value is -2.37. The van der Waals surface area contributed by atoms with Gasteiger partial charge in [-0.05, 0) is 37.7 Å². The van der Waals surface area contributed by atoms with Crippen LogP contribution in [0.5, 0.6) is 5.75 Å². The van der Waals surface area contributed by atoms with Crippen molar-refractivity contribution in [3.63, 3.8) is 0 Å². The lowest BCUT2D eigenvalue weighted by atomic mass is 10.2. The van der Waals surface area contributed by atoms with Crippen LogP contribution in [0, 0.1) is 6.92 Å². The third-order valence-electron chi connectivity index (χ3n) is 3.93. The predicted molar refractivity (Wildman–Crippen MR) is 99.5 cm³/mol. The molecule has 0 aliphatic rings. The van der Waals surface area contributed by atoms with Crippen molar-refractivity contribution in [2.45, 2.75) is 13.5 Å². The van der Waals surface area contributed by atoms with E-state index in [2.05, 4.69) is 9.88 Å². The lowest BCUT2D eigenvalue weighted by Gasteiger charge is -2.17. The molecule has 0 fully saturated rings. The van der Waals surface area contributed by atoms with Crippen LogP contribution in [0.1, 0.15) is 11.3 Å². The summed E-state index contributed by atoms with van der Waals surface area (Å²) in [4.78, 5) is 18.8. The Kier molecular flexibility index (Phi) is 5.36. The zero-order valence-corrected chi connectivity index (χ0v) is 15.0. The number of likely N-dealkylation sites (N-methyl/N-ethyl adjacent to an activating group) is 1. The molecule has 5 nitrogen and oxygen atoms in total. The van der Waals surface area contributed by atoms with Crippen LogP contribution in [0.25, 0.3) is 5.65 Å². The second kappa shape index (κ2) is 7.68. The molecule has 1 aromatic carbocycles. The number of ether oxygens (including phenoxy) is 1. The molecule has 0 N–H and O–H groups in total. The summed E-state index contributed by atoms with van der Waals surface area (Å²) in [5, 5.41) is 0.509. The molecule has 0 atom stereocenters. The maximum Gasteiger partial charge on any atom is 0.258 e. The van der Waals surface area contributed by atoms with Crippen LogP contribution in [0.2, 0.25) is 5.02 Å². The highest BCUT2D eigenvalue weighted by molar-refractivity contribution is 6.30. The average molecular weight is 358 g/mol. The van der Waals surface area contributed by atoms with E-state index in [4.69, 9.17) is 16.3 Å². The monoisotopic (exact) mass is 357 g/mol. The minimum atomic E-state index is -0.132. The molecular formula is C19H20ClN3O2. The summed E-state index contributed by atoms with van der Waals surface area (Å²) in [6, 6.07) is 13.0. The number of hydrogen-bond acceptors (Lipinski definition) is 4. The van der Waals surface area contributed by atoms with Gasteiger partial charge in [-0.2, -0.15) is 0 Å². The van der Waals surface area contributed by atoms with Gasteiger partial charge in [-0.3, -0.25) is 14.1 Å². The van der Waals surface area contributed by atoms with Gasteiger partial charge in [0.15, 0.2) is 0 Å². The second-order valence-corrected chi connectivity index (χ2v) is 6.45. The van der Waals surface area contributed by atoms with E-state index in [0.717, 1.165) is 23.6 Å². The largest absolute Gasteiger partial charge is 0.492 e. The minimum Gasteiger partial charge on any atom is -0.492 e. The van der Waals surface area contributed by atoms with Crippen LogP contribution >= 0.6 is 11.6 Å². The zero-order valence-electron chi connectivity index (χ0n) is 14.3. The van der Waals surface area contributed by atoms with Crippen LogP contribution in [0.3, 0.4) is 0 Å². The van der Waals surface area contributed by atoms with E-state index in [1.54, 1.807) is 24.4 Å². The molecule has 3 aromatic rings. The Balaban J connectivity index is 1.62. The Morgan fingerprint density at radius 2 is 2.04 bits per heavy atom. The van der Waals surface area contributed by atoms with Gasteiger partial charge in [0.2, 0.25) is 0 Å². The first-order chi connectivity index (χ1) is 12.0. The topological polar surface area (TPSA) is 46.8 Å². The molecule has 3 rings (SSSR count). The summed E-state index contributed by atoms with van der Waals surface area (Å²) in [5.41, 5.74) is 2.31. The molecule has 2 aromatic heterocycles. The van der Waals surface area contributed by atoms with E-state index in [1.165, 1.54) is 4.40 Å². The first-order valence-corrected chi connectivity index (χ1v) is 8.45. The van der Waals surface area contributed by atoms with Crippen LogP contribution in [0.4, 0.5) is 0 Å². The molecule has 0 amide bonds. The van der Waals surface area contributed by atoms with Crippen molar-refractivity contribution in [3.05, 3.63) is 75.3 Å². The van der Waals surface area contributed by atoms with Crippen LogP contribution in [0.15, 0.2) is 53.5 Å². The SMILES string of the molecule is Cc1ccccc1OCCN(C)Cc1cc(=O)n2cc(Cl)ccc2n1. The highest BCUT2D eigenvalue weighted by Gasteiger charge is 2.07. The number of benzene rings is 1. The van der Waals surface area contributed by atoms with E-state index in [9.17, 15) is 4.79 Å². The average Bonchev–Trinajstić information content (AvgIpc) is 2.57. The standard InChI is InChI=1S/C19H20ClN3O2/c1-14-5-3-4-6-17(14)25-10-9-22(2)13-16-11-19(24)23-12-15(20)7-8-18(23)21-16/h3-8,11-12H,9-10,13H2,1-2H3. The molecule has 0 saturated carbocycles. The lowest BCUT2D eigenvalue weighted by molar-refractivity contribution is 0.230. The number of halogens is 1. The summed E-state index contributed by atoms with van der Waals surface area (Å²) in [7, 11) is 1.98. The van der Waals surface area contributed by atoms with Gasteiger partial charge in [0.25, 0.3) is 5.56 Å². The second-order valence-electron chi connectivity index (χ2n) is 6.01. The first-order valence-electron chi connectivity index (χ1n) is 8.08. The predicted octanol–water partition coefficient (Wildman–Crippen LogP) is 3.17. The van der Waals surface area contributed by atoms with Crippen molar-refractivity contribution in [2.24, 2.45) is 0 Å². The Morgan fingerprint density at radius 3 is 2.84 bits per heavy atom. The maximum atomic E-state index is 12.2. The highest BCUT2D eigenvalue weighted by atomic mass is 35.5. The van der Waals surface area contributed by atoms with Gasteiger partial charge >= 0.3 is 0 Å². The number of hydrogen-bond donors (Lipinski definition) is 0. The van der Waals surface area contributed by atoms with Gasteiger partial charge < -0.3 is 4.74 Å². The van der Waals surface area contributed by atoms with Crippen LogP contribution < -0.4 is 10.3 Å². The Labute approximate surface area is 151 Å². The number of aromatic nitrogens is 2. The first kappa shape index (κ1) is 17.5. The summed E-state index contributed by atoms with van der Waals surface area (Å²) >= 11 is 5.92. The number of para-hydroxylation sites is 1. The summed E-state index contributed by atoms with van der Waals surface area (Å²) in [6.07, 6.45) is 1.58. The van der Waals surface area contributed by atoms with Crippen molar-refractivity contribution in [1.82, 2.24) is 14.3 Å². The Bertz CT molecular complexity index is 939. The van der Waals surface area contributed by atoms with Gasteiger partial charge in [-0.25, -0.2) is 4.98 Å². The number of rotatable bonds is 6. The van der Waals surface area contributed by atoms with Gasteiger partial charge in [-0.15, -0.1) is 0 Å². The van der Waals surface area contributed by atoms with E-state index < -0.39 is 0 Å². The molecule has 0 spiro atoms. The van der Waals surface area contributed by atoms with E-state index >= 15 is 0 Å². The normalized spacial score (nSPS) is 11.2. The summed E-state index contributed by atoms with van der Waals surface area (Å²) < 4.78 is 7.26. The molecule has 0 radical (unpaired) electrons. The third kappa shape index (κ3) is 4.38. The molecule has 2 heterocycles. The molecule has 130 valence electrons. The van der Waals surface area contributed by atoms with Crippen molar-refractivity contribution in [1.29, 1.82) is 0 Å². The van der Waals surface area contributed by atoms with Crippen molar-refractivity contribution < 1.29 is 4.74 Å². The van der Waals surface area contributed by atoms with E-state index in [0.29, 0.717) is 23.8 Å². The lowest BCUT2D eigenvalue weighted by Crippen LogP contribution is -2.26. The fourth-order valence-electron chi connectivity index (χ4n) is 2.59. The number of pyridine rings is 1. The fraction of sp³-hybridized carbons (Fsp3) is 0.263. The van der Waals surface area contributed by atoms with Crippen LogP contribution in [-0.2, 0) is 6.54 Å². The quantitative estimate of drug-likeness (QED) is 0.680. The molecule has 0 unspecified atom stereocenters. The van der Waals surface area contributed by atoms with Gasteiger partial charge in [0.05, 0.1) is 10.7 Å². The third-order valence-corrected chi connectivity index (χ3v) is 4.16. The van der Waals surface area contributed by atoms with Crippen LogP contribution in [-0.4, -0.2) is 34.5 Å². The molecule has 0 aliphatic heterocycles. The highest BCUT2D eigenvalue weighted by Crippen LogP contribution is 2.16. The molecule has 0 saturated heterocycles. The number of fused-ring (bicyclic) bond motifs is 1. The fourth-order valence-corrected chi connectivity index (χ4v) is 2.75. The summed E-state index contributed by atoms with van der Waals surface area (Å²) in [6.45, 7) is 3.91. The van der Waals surface area contributed by atoms with E-state index in [-0.39, 0.29) is 5.56 Å². The number of nitrogens with zero attached hydrogens (tertiary/aromatic N) is 3. The molecule has 25 heavy (non-hydrogen) atoms. The van der Waals surface area contributed by atoms with Gasteiger partial charge in [0, 0.05) is 25.4 Å². The maximum absolute atomic E-state index is 12.2. The van der Waals surface area contributed by atoms with Crippen molar-refractivity contribution >= 4 is 17.2 Å². The molecular weight excluding hydrogens is 338 g/mol. The minimum absolute atomic E-state index is 0.132. The molecule has 0 bridgehead atoms. The van der Waals surface area contributed by atoms with Crippen molar-refractivity contribution in [2.75, 3.05) is 20.2 Å². The van der Waals surface area contributed by atoms with Gasteiger partial charge in [0.1, 0.15) is 18.0 Å². The number of aryl methyl sites for hydroxylation is 1. The Morgan fingerprint density at radius 1 is 1.24 bits per heavy atom. The summed E-state index contributed by atoms with van der Waals surface area (Å²) in [5.74, 6) is 0.898. The molecule has 6 heteroatoms.